The van der Waals surface area contributed by atoms with Gasteiger partial charge in [0.25, 0.3) is 0 Å². The molecule has 2 nitrogen and oxygen atoms in total. The van der Waals surface area contributed by atoms with Crippen LogP contribution in [0.1, 0.15) is 345 Å². The molecule has 0 aromatic heterocycles. The van der Waals surface area contributed by atoms with Crippen molar-refractivity contribution in [2.24, 2.45) is 0 Å². The van der Waals surface area contributed by atoms with Gasteiger partial charge in [0.2, 0.25) is 11.4 Å². The fourth-order valence-corrected chi connectivity index (χ4v) is 11.4. The average Bonchev–Trinajstić information content (AvgIpc) is 3.67. The molecule has 0 radical (unpaired) electrons. The molecule has 72 heavy (non-hydrogen) atoms. The van der Waals surface area contributed by atoms with Gasteiger partial charge in [0.1, 0.15) is 0 Å². The van der Waals surface area contributed by atoms with Crippen molar-refractivity contribution < 1.29 is 4.70 Å². The molecule has 2 heteroatoms. The van der Waals surface area contributed by atoms with Gasteiger partial charge < -0.3 is 5.53 Å². The first kappa shape index (κ1) is 63.6. The van der Waals surface area contributed by atoms with Gasteiger partial charge in [0.15, 0.2) is 0 Å². The Kier molecular flexibility index (Phi) is 38.4. The van der Waals surface area contributed by atoms with Gasteiger partial charge >= 0.3 is 0 Å². The van der Waals surface area contributed by atoms with Crippen LogP contribution in [0.2, 0.25) is 0 Å². The summed E-state index contributed by atoms with van der Waals surface area (Å²) in [5, 5.41) is 0. The molecule has 2 aromatic carbocycles. The van der Waals surface area contributed by atoms with E-state index in [9.17, 15) is 5.53 Å². The van der Waals surface area contributed by atoms with Crippen molar-refractivity contribution in [2.45, 2.75) is 337 Å². The summed E-state index contributed by atoms with van der Waals surface area (Å²) in [6.07, 6.45) is 65.5. The summed E-state index contributed by atoms with van der Waals surface area (Å²) >= 11 is 0. The van der Waals surface area contributed by atoms with Gasteiger partial charge in [-0.2, -0.15) is 0 Å². The van der Waals surface area contributed by atoms with Crippen molar-refractivity contribution >= 4 is 11.4 Å². The molecule has 0 fully saturated rings. The number of hydrogen-bond donors (Lipinski definition) is 0. The molecule has 0 aliphatic carbocycles. The SMILES string of the molecule is CCCCCCCCCCCCCCCCCCCCCCCC=CC1=C(c2cc(CCCC)cc(CCCCCCCC)c2)[N+](=[N-])C(c2cc(CCCC)cc(CCCCCCCC)c2)=C1CCCCC. The molecule has 0 saturated carbocycles. The van der Waals surface area contributed by atoms with Crippen molar-refractivity contribution in [3.8, 4) is 0 Å². The van der Waals surface area contributed by atoms with E-state index in [2.05, 4.69) is 90.1 Å². The van der Waals surface area contributed by atoms with E-state index in [0.29, 0.717) is 0 Å². The van der Waals surface area contributed by atoms with Crippen molar-refractivity contribution in [2.75, 3.05) is 0 Å². The Morgan fingerprint density at radius 2 is 0.583 bits per heavy atom. The molecule has 1 heterocycles. The third-order valence-corrected chi connectivity index (χ3v) is 16.0. The van der Waals surface area contributed by atoms with Crippen LogP contribution in [0, 0.1) is 0 Å². The van der Waals surface area contributed by atoms with Gasteiger partial charge in [-0.15, -0.1) is 0 Å². The average molecular weight is 988 g/mol. The Hall–Kier alpha value is -2.74. The topological polar surface area (TPSA) is 25.3 Å². The highest BCUT2D eigenvalue weighted by Gasteiger charge is 2.35. The monoisotopic (exact) mass is 987 g/mol. The summed E-state index contributed by atoms with van der Waals surface area (Å²) in [5.41, 5.74) is 25.8. The van der Waals surface area contributed by atoms with E-state index in [-0.39, 0.29) is 0 Å². The first-order valence-corrected chi connectivity index (χ1v) is 32.4. The lowest BCUT2D eigenvalue weighted by molar-refractivity contribution is -0.345. The van der Waals surface area contributed by atoms with Crippen LogP contribution in [0.4, 0.5) is 0 Å². The van der Waals surface area contributed by atoms with Crippen LogP contribution in [-0.2, 0) is 25.7 Å². The summed E-state index contributed by atoms with van der Waals surface area (Å²) in [4.78, 5) is 0. The number of hydrogen-bond acceptors (Lipinski definition) is 0. The summed E-state index contributed by atoms with van der Waals surface area (Å²) in [6, 6.07) is 14.8. The first-order valence-electron chi connectivity index (χ1n) is 32.4. The zero-order valence-electron chi connectivity index (χ0n) is 49.0. The Balaban J connectivity index is 1.76. The van der Waals surface area contributed by atoms with Gasteiger partial charge in [0, 0.05) is 16.7 Å². The summed E-state index contributed by atoms with van der Waals surface area (Å²) in [6.45, 7) is 13.9. The molecule has 0 N–H and O–H groups in total. The number of allylic oxidation sites excluding steroid dienone is 4. The lowest BCUT2D eigenvalue weighted by atomic mass is 9.91. The molecule has 0 spiro atoms. The zero-order chi connectivity index (χ0) is 51.5. The second-order valence-electron chi connectivity index (χ2n) is 22.9. The van der Waals surface area contributed by atoms with Gasteiger partial charge in [0.05, 0.1) is 5.57 Å². The molecular formula is C70H118N2. The van der Waals surface area contributed by atoms with E-state index < -0.39 is 0 Å². The molecule has 408 valence electrons. The van der Waals surface area contributed by atoms with Crippen LogP contribution in [0.3, 0.4) is 0 Å². The van der Waals surface area contributed by atoms with E-state index in [4.69, 9.17) is 0 Å². The molecule has 1 aliphatic rings. The third-order valence-electron chi connectivity index (χ3n) is 16.0. The number of aryl methyl sites for hydroxylation is 4. The minimum absolute atomic E-state index is 0.995. The fraction of sp³-hybridized carbons (Fsp3) is 0.743. The number of benzene rings is 2. The van der Waals surface area contributed by atoms with E-state index in [1.807, 2.05) is 0 Å². The van der Waals surface area contributed by atoms with E-state index in [0.717, 1.165) is 56.3 Å². The summed E-state index contributed by atoms with van der Waals surface area (Å²) in [5.74, 6) is 0. The summed E-state index contributed by atoms with van der Waals surface area (Å²) in [7, 11) is 0. The van der Waals surface area contributed by atoms with Crippen molar-refractivity contribution in [3.05, 3.63) is 98.6 Å². The summed E-state index contributed by atoms with van der Waals surface area (Å²) < 4.78 is 1.68. The van der Waals surface area contributed by atoms with Crippen LogP contribution < -0.4 is 0 Å². The van der Waals surface area contributed by atoms with Crippen LogP contribution in [-0.4, -0.2) is 4.70 Å². The van der Waals surface area contributed by atoms with E-state index in [1.54, 1.807) is 4.70 Å². The maximum Gasteiger partial charge on any atom is 0.215 e. The van der Waals surface area contributed by atoms with Crippen LogP contribution in [0.25, 0.3) is 16.9 Å². The van der Waals surface area contributed by atoms with E-state index in [1.165, 1.54) is 295 Å². The maximum absolute atomic E-state index is 12.9. The minimum Gasteiger partial charge on any atom is -0.493 e. The second-order valence-corrected chi connectivity index (χ2v) is 22.9. The fourth-order valence-electron chi connectivity index (χ4n) is 11.4. The molecule has 0 amide bonds. The van der Waals surface area contributed by atoms with Gasteiger partial charge in [-0.25, -0.2) is 4.70 Å². The quantitative estimate of drug-likeness (QED) is 0.0466. The molecule has 2 aromatic rings. The molecular weight excluding hydrogens is 869 g/mol. The maximum atomic E-state index is 12.9. The predicted molar refractivity (Wildman–Crippen MR) is 322 cm³/mol. The third kappa shape index (κ3) is 27.7. The predicted octanol–water partition coefficient (Wildman–Crippen LogP) is 24.1. The first-order chi connectivity index (χ1) is 35.5. The minimum atomic E-state index is 0.995. The van der Waals surface area contributed by atoms with Gasteiger partial charge in [-0.05, 0) is 124 Å². The largest absolute Gasteiger partial charge is 0.493 e. The Bertz CT molecular complexity index is 1750. The number of nitrogens with zero attached hydrogens (tertiary/aromatic N) is 2. The van der Waals surface area contributed by atoms with Crippen LogP contribution >= 0.6 is 0 Å². The Morgan fingerprint density at radius 1 is 0.306 bits per heavy atom. The molecule has 3 rings (SSSR count). The van der Waals surface area contributed by atoms with Crippen molar-refractivity contribution in [3.63, 3.8) is 0 Å². The standard InChI is InChI=1S/C70H118N2/c1-7-13-19-22-25-26-27-28-29-30-31-32-33-34-35-36-37-38-39-40-41-44-48-54-68-67(53-45-16-10-4)69(65-57-61(49-17-11-5)55-63(59-65)51-46-42-23-20-14-8-2)72(71)70(68)66-58-62(50-18-12-6)56-64(60-66)52-47-43-24-21-15-9-3/h48,54-60H,7-47,49-53H2,1-6H3. The number of unbranched alkanes of at least 4 members (excludes halogenated alkanes) is 35. The lowest BCUT2D eigenvalue weighted by Gasteiger charge is -2.15. The second kappa shape index (κ2) is 43.5. The van der Waals surface area contributed by atoms with E-state index >= 15 is 0 Å². The van der Waals surface area contributed by atoms with Crippen molar-refractivity contribution in [1.29, 1.82) is 0 Å². The highest BCUT2D eigenvalue weighted by molar-refractivity contribution is 5.84. The van der Waals surface area contributed by atoms with Gasteiger partial charge in [-0.3, -0.25) is 0 Å². The highest BCUT2D eigenvalue weighted by Crippen LogP contribution is 2.44. The molecule has 1 aliphatic heterocycles. The lowest BCUT2D eigenvalue weighted by Crippen LogP contribution is -2.05. The molecule has 0 bridgehead atoms. The Labute approximate surface area is 449 Å². The molecule has 0 unspecified atom stereocenters. The molecule has 0 saturated heterocycles. The van der Waals surface area contributed by atoms with Crippen LogP contribution in [0.15, 0.2) is 59.7 Å². The van der Waals surface area contributed by atoms with Gasteiger partial charge in [-0.1, -0.05) is 284 Å². The number of rotatable bonds is 49. The van der Waals surface area contributed by atoms with Crippen molar-refractivity contribution in [1.82, 2.24) is 0 Å². The molecule has 0 atom stereocenters. The Morgan fingerprint density at radius 3 is 0.944 bits per heavy atom. The van der Waals surface area contributed by atoms with Crippen LogP contribution in [0.5, 0.6) is 0 Å². The highest BCUT2D eigenvalue weighted by atomic mass is 15.2. The normalized spacial score (nSPS) is 13.1. The smallest absolute Gasteiger partial charge is 0.215 e. The zero-order valence-corrected chi connectivity index (χ0v) is 49.0.